The van der Waals surface area contributed by atoms with Crippen molar-refractivity contribution in [1.29, 1.82) is 0 Å². The highest BCUT2D eigenvalue weighted by Gasteiger charge is 2.25. The Kier molecular flexibility index (Phi) is 5.42. The Bertz CT molecular complexity index is 1030. The van der Waals surface area contributed by atoms with E-state index in [-0.39, 0.29) is 17.2 Å². The molecular formula is C20H25N5OS2. The molecule has 0 aliphatic heterocycles. The molecular weight excluding hydrogens is 390 g/mol. The predicted molar refractivity (Wildman–Crippen MR) is 115 cm³/mol. The molecule has 148 valence electrons. The summed E-state index contributed by atoms with van der Waals surface area (Å²) in [7, 11) is 0. The molecule has 0 fully saturated rings. The van der Waals surface area contributed by atoms with Crippen LogP contribution in [-0.4, -0.2) is 30.9 Å². The molecule has 2 atom stereocenters. The van der Waals surface area contributed by atoms with Crippen molar-refractivity contribution in [3.63, 3.8) is 0 Å². The number of aromatic nitrogens is 4. The lowest BCUT2D eigenvalue weighted by Gasteiger charge is -2.16. The van der Waals surface area contributed by atoms with E-state index in [0.29, 0.717) is 0 Å². The van der Waals surface area contributed by atoms with Gasteiger partial charge in [0.15, 0.2) is 0 Å². The number of carbonyl (C=O) groups excluding carboxylic acids is 1. The Morgan fingerprint density at radius 1 is 1.36 bits per heavy atom. The van der Waals surface area contributed by atoms with Crippen LogP contribution >= 0.6 is 23.1 Å². The SMILES string of the molecule is CC[C@H](C)n1nccc1NC(=O)[C@@H](C)Sc1nc(C)nc2sc3c(c12)CCC3. The number of amides is 1. The second kappa shape index (κ2) is 7.83. The number of hydrogen-bond donors (Lipinski definition) is 1. The summed E-state index contributed by atoms with van der Waals surface area (Å²) in [6.07, 6.45) is 6.10. The summed E-state index contributed by atoms with van der Waals surface area (Å²) in [6.45, 7) is 8.06. The van der Waals surface area contributed by atoms with Gasteiger partial charge in [0.2, 0.25) is 5.91 Å². The van der Waals surface area contributed by atoms with Crippen LogP contribution in [0.3, 0.4) is 0 Å². The van der Waals surface area contributed by atoms with Crippen LogP contribution in [0.2, 0.25) is 0 Å². The highest BCUT2D eigenvalue weighted by Crippen LogP contribution is 2.41. The monoisotopic (exact) mass is 415 g/mol. The van der Waals surface area contributed by atoms with E-state index < -0.39 is 0 Å². The van der Waals surface area contributed by atoms with Crippen molar-refractivity contribution in [2.24, 2.45) is 0 Å². The molecule has 0 spiro atoms. The van der Waals surface area contributed by atoms with Gasteiger partial charge in [-0.1, -0.05) is 18.7 Å². The van der Waals surface area contributed by atoms with Gasteiger partial charge in [-0.2, -0.15) is 5.10 Å². The Balaban J connectivity index is 1.56. The number of rotatable bonds is 6. The van der Waals surface area contributed by atoms with Gasteiger partial charge in [0, 0.05) is 16.3 Å². The van der Waals surface area contributed by atoms with E-state index in [2.05, 4.69) is 29.2 Å². The average molecular weight is 416 g/mol. The van der Waals surface area contributed by atoms with Gasteiger partial charge in [-0.05, 0) is 52.0 Å². The second-order valence-electron chi connectivity index (χ2n) is 7.28. The lowest BCUT2D eigenvalue weighted by atomic mass is 10.2. The van der Waals surface area contributed by atoms with Crippen molar-refractivity contribution < 1.29 is 4.79 Å². The topological polar surface area (TPSA) is 72.7 Å². The molecule has 28 heavy (non-hydrogen) atoms. The third-order valence-electron chi connectivity index (χ3n) is 5.23. The van der Waals surface area contributed by atoms with Crippen LogP contribution in [0.4, 0.5) is 5.82 Å². The fraction of sp³-hybridized carbons (Fsp3) is 0.500. The fourth-order valence-corrected chi connectivity index (χ4v) is 5.93. The number of nitrogens with zero attached hydrogens (tertiary/aromatic N) is 4. The molecule has 1 amide bonds. The Hall–Kier alpha value is -1.93. The van der Waals surface area contributed by atoms with Gasteiger partial charge < -0.3 is 5.32 Å². The van der Waals surface area contributed by atoms with Gasteiger partial charge in [0.25, 0.3) is 0 Å². The molecule has 0 bridgehead atoms. The van der Waals surface area contributed by atoms with E-state index in [9.17, 15) is 4.79 Å². The molecule has 0 unspecified atom stereocenters. The van der Waals surface area contributed by atoms with Crippen molar-refractivity contribution in [2.75, 3.05) is 5.32 Å². The first-order valence-corrected chi connectivity index (χ1v) is 11.5. The minimum Gasteiger partial charge on any atom is -0.310 e. The number of aryl methyl sites for hydroxylation is 3. The quantitative estimate of drug-likeness (QED) is 0.463. The number of thiophene rings is 1. The third-order valence-corrected chi connectivity index (χ3v) is 7.50. The molecule has 3 heterocycles. The Morgan fingerprint density at radius 2 is 2.18 bits per heavy atom. The molecule has 0 radical (unpaired) electrons. The molecule has 8 heteroatoms. The lowest BCUT2D eigenvalue weighted by Crippen LogP contribution is -2.25. The van der Waals surface area contributed by atoms with Crippen molar-refractivity contribution in [3.8, 4) is 0 Å². The summed E-state index contributed by atoms with van der Waals surface area (Å²) in [5.41, 5.74) is 1.39. The van der Waals surface area contributed by atoms with Gasteiger partial charge in [0.1, 0.15) is 21.5 Å². The molecule has 3 aromatic rings. The molecule has 1 N–H and O–H groups in total. The molecule has 1 aliphatic rings. The lowest BCUT2D eigenvalue weighted by molar-refractivity contribution is -0.115. The zero-order chi connectivity index (χ0) is 19.8. The number of thioether (sulfide) groups is 1. The summed E-state index contributed by atoms with van der Waals surface area (Å²) >= 11 is 3.31. The van der Waals surface area contributed by atoms with Crippen LogP contribution < -0.4 is 5.32 Å². The second-order valence-corrected chi connectivity index (χ2v) is 9.69. The maximum absolute atomic E-state index is 12.9. The van der Waals surface area contributed by atoms with Gasteiger partial charge in [-0.3, -0.25) is 4.79 Å². The molecule has 6 nitrogen and oxygen atoms in total. The summed E-state index contributed by atoms with van der Waals surface area (Å²) in [6, 6.07) is 2.09. The van der Waals surface area contributed by atoms with E-state index in [1.807, 2.05) is 24.6 Å². The summed E-state index contributed by atoms with van der Waals surface area (Å²) in [4.78, 5) is 24.7. The van der Waals surface area contributed by atoms with Crippen LogP contribution in [0.1, 0.15) is 55.9 Å². The molecule has 0 aromatic carbocycles. The molecule has 4 rings (SSSR count). The van der Waals surface area contributed by atoms with Gasteiger partial charge >= 0.3 is 0 Å². The zero-order valence-electron chi connectivity index (χ0n) is 16.7. The first-order chi connectivity index (χ1) is 13.5. The minimum atomic E-state index is -0.269. The van der Waals surface area contributed by atoms with Gasteiger partial charge in [0.05, 0.1) is 17.5 Å². The maximum atomic E-state index is 12.9. The van der Waals surface area contributed by atoms with E-state index in [4.69, 9.17) is 4.98 Å². The van der Waals surface area contributed by atoms with Crippen LogP contribution in [0, 0.1) is 6.92 Å². The fourth-order valence-electron chi connectivity index (χ4n) is 3.54. The van der Waals surface area contributed by atoms with Crippen LogP contribution in [0.5, 0.6) is 0 Å². The number of carbonyl (C=O) groups is 1. The molecule has 1 aliphatic carbocycles. The maximum Gasteiger partial charge on any atom is 0.238 e. The largest absolute Gasteiger partial charge is 0.310 e. The van der Waals surface area contributed by atoms with Crippen molar-refractivity contribution >= 4 is 45.0 Å². The van der Waals surface area contributed by atoms with E-state index in [1.54, 1.807) is 17.5 Å². The summed E-state index contributed by atoms with van der Waals surface area (Å²) < 4.78 is 1.87. The van der Waals surface area contributed by atoms with E-state index in [1.165, 1.54) is 28.6 Å². The first kappa shape index (κ1) is 19.4. The number of fused-ring (bicyclic) bond motifs is 3. The van der Waals surface area contributed by atoms with Crippen LogP contribution in [0.25, 0.3) is 10.2 Å². The van der Waals surface area contributed by atoms with Crippen LogP contribution in [-0.2, 0) is 17.6 Å². The molecule has 0 saturated heterocycles. The highest BCUT2D eigenvalue weighted by atomic mass is 32.2. The van der Waals surface area contributed by atoms with Gasteiger partial charge in [-0.15, -0.1) is 11.3 Å². The van der Waals surface area contributed by atoms with Crippen molar-refractivity contribution in [1.82, 2.24) is 19.7 Å². The van der Waals surface area contributed by atoms with Gasteiger partial charge in [-0.25, -0.2) is 14.6 Å². The van der Waals surface area contributed by atoms with E-state index in [0.717, 1.165) is 46.1 Å². The van der Waals surface area contributed by atoms with Crippen LogP contribution in [0.15, 0.2) is 17.3 Å². The predicted octanol–water partition coefficient (Wildman–Crippen LogP) is 4.78. The Labute approximate surface area is 173 Å². The third kappa shape index (κ3) is 3.55. The number of hydrogen-bond acceptors (Lipinski definition) is 6. The Morgan fingerprint density at radius 3 is 2.96 bits per heavy atom. The average Bonchev–Trinajstić information content (AvgIpc) is 3.36. The number of anilines is 1. The van der Waals surface area contributed by atoms with Crippen molar-refractivity contribution in [3.05, 3.63) is 28.5 Å². The minimum absolute atomic E-state index is 0.0358. The van der Waals surface area contributed by atoms with Crippen molar-refractivity contribution in [2.45, 2.75) is 69.7 Å². The highest BCUT2D eigenvalue weighted by molar-refractivity contribution is 8.00. The zero-order valence-corrected chi connectivity index (χ0v) is 18.3. The molecule has 3 aromatic heterocycles. The summed E-state index contributed by atoms with van der Waals surface area (Å²) in [5.74, 6) is 1.47. The first-order valence-electron chi connectivity index (χ1n) is 9.77. The normalized spacial score (nSPS) is 15.6. The standard InChI is InChI=1S/C20H25N5OS2/c1-5-11(2)25-16(9-10-21-25)24-18(26)12(3)27-19-17-14-7-6-8-15(14)28-20(17)23-13(4)22-19/h9-12H,5-8H2,1-4H3,(H,24,26)/t11-,12+/m0/s1. The number of nitrogens with one attached hydrogen (secondary N) is 1. The van der Waals surface area contributed by atoms with E-state index >= 15 is 0 Å². The summed E-state index contributed by atoms with van der Waals surface area (Å²) in [5, 5.41) is 9.20. The smallest absolute Gasteiger partial charge is 0.238 e. The molecule has 0 saturated carbocycles.